The molecule has 4 nitrogen and oxygen atoms in total. The first kappa shape index (κ1) is 8.16. The lowest BCUT2D eigenvalue weighted by Crippen LogP contribution is -2.13. The number of nitrogens with zero attached hydrogens (tertiary/aromatic N) is 3. The zero-order valence-electron chi connectivity index (χ0n) is 8.00. The van der Waals surface area contributed by atoms with Crippen molar-refractivity contribution in [3.05, 3.63) is 18.2 Å². The van der Waals surface area contributed by atoms with Crippen molar-refractivity contribution in [3.8, 4) is 0 Å². The molecule has 0 spiro atoms. The SMILES string of the molecule is CC(C)(C)c1nc2nccnc2[nH]1. The highest BCUT2D eigenvalue weighted by Crippen LogP contribution is 2.20. The molecule has 0 atom stereocenters. The Labute approximate surface area is 76.4 Å². The number of aromatic amines is 1. The summed E-state index contributed by atoms with van der Waals surface area (Å²) in [5.74, 6) is 0.925. The van der Waals surface area contributed by atoms with Crippen LogP contribution in [0.1, 0.15) is 26.6 Å². The van der Waals surface area contributed by atoms with Crippen molar-refractivity contribution >= 4 is 11.3 Å². The predicted octanol–water partition coefficient (Wildman–Crippen LogP) is 1.65. The van der Waals surface area contributed by atoms with Crippen molar-refractivity contribution in [1.29, 1.82) is 0 Å². The monoisotopic (exact) mass is 176 g/mol. The molecule has 0 unspecified atom stereocenters. The lowest BCUT2D eigenvalue weighted by molar-refractivity contribution is 0.554. The average molecular weight is 176 g/mol. The van der Waals surface area contributed by atoms with E-state index in [1.54, 1.807) is 12.4 Å². The van der Waals surface area contributed by atoms with E-state index < -0.39 is 0 Å². The number of hydrogen-bond donors (Lipinski definition) is 1. The lowest BCUT2D eigenvalue weighted by atomic mass is 9.96. The third kappa shape index (κ3) is 1.39. The molecular weight excluding hydrogens is 164 g/mol. The lowest BCUT2D eigenvalue weighted by Gasteiger charge is -2.13. The standard InChI is InChI=1S/C9H12N4/c1-9(2,3)8-12-6-7(13-8)11-5-4-10-6/h4-5H,1-3H3,(H,10,11,12,13). The van der Waals surface area contributed by atoms with Gasteiger partial charge in [0.25, 0.3) is 0 Å². The summed E-state index contributed by atoms with van der Waals surface area (Å²) in [4.78, 5) is 15.8. The second-order valence-corrected chi connectivity index (χ2v) is 4.06. The van der Waals surface area contributed by atoms with Crippen molar-refractivity contribution < 1.29 is 0 Å². The van der Waals surface area contributed by atoms with Gasteiger partial charge in [0.1, 0.15) is 5.82 Å². The van der Waals surface area contributed by atoms with E-state index in [1.165, 1.54) is 0 Å². The first-order chi connectivity index (χ1) is 6.07. The highest BCUT2D eigenvalue weighted by Gasteiger charge is 2.18. The quantitative estimate of drug-likeness (QED) is 0.664. The van der Waals surface area contributed by atoms with Gasteiger partial charge in [-0.2, -0.15) is 0 Å². The van der Waals surface area contributed by atoms with E-state index in [2.05, 4.69) is 40.7 Å². The van der Waals surface area contributed by atoms with Crippen molar-refractivity contribution in [3.63, 3.8) is 0 Å². The minimum Gasteiger partial charge on any atom is -0.325 e. The zero-order valence-corrected chi connectivity index (χ0v) is 8.00. The Bertz CT molecular complexity index is 391. The molecule has 68 valence electrons. The van der Waals surface area contributed by atoms with Gasteiger partial charge >= 0.3 is 0 Å². The molecule has 1 N–H and O–H groups in total. The average Bonchev–Trinajstić information content (AvgIpc) is 2.45. The van der Waals surface area contributed by atoms with E-state index in [1.807, 2.05) is 0 Å². The van der Waals surface area contributed by atoms with Crippen LogP contribution in [0.15, 0.2) is 12.4 Å². The molecule has 0 radical (unpaired) electrons. The largest absolute Gasteiger partial charge is 0.325 e. The Morgan fingerprint density at radius 2 is 1.85 bits per heavy atom. The van der Waals surface area contributed by atoms with E-state index in [4.69, 9.17) is 0 Å². The van der Waals surface area contributed by atoms with Crippen LogP contribution < -0.4 is 0 Å². The zero-order chi connectivity index (χ0) is 9.47. The number of H-pyrrole nitrogens is 1. The molecule has 2 aromatic heterocycles. The summed E-state index contributed by atoms with van der Waals surface area (Å²) in [7, 11) is 0. The van der Waals surface area contributed by atoms with Crippen LogP contribution in [-0.2, 0) is 5.41 Å². The fourth-order valence-corrected chi connectivity index (χ4v) is 1.10. The molecule has 13 heavy (non-hydrogen) atoms. The van der Waals surface area contributed by atoms with Crippen LogP contribution in [0.2, 0.25) is 0 Å². The van der Waals surface area contributed by atoms with E-state index in [0.29, 0.717) is 5.65 Å². The van der Waals surface area contributed by atoms with E-state index in [0.717, 1.165) is 11.5 Å². The van der Waals surface area contributed by atoms with Gasteiger partial charge in [-0.3, -0.25) is 0 Å². The van der Waals surface area contributed by atoms with Crippen LogP contribution in [0, 0.1) is 0 Å². The first-order valence-corrected chi connectivity index (χ1v) is 4.24. The molecule has 0 aliphatic heterocycles. The van der Waals surface area contributed by atoms with Crippen LogP contribution in [0.25, 0.3) is 11.3 Å². The third-order valence-corrected chi connectivity index (χ3v) is 1.84. The molecule has 2 aromatic rings. The smallest absolute Gasteiger partial charge is 0.197 e. The number of fused-ring (bicyclic) bond motifs is 1. The van der Waals surface area contributed by atoms with Crippen molar-refractivity contribution in [2.24, 2.45) is 0 Å². The van der Waals surface area contributed by atoms with Crippen LogP contribution in [-0.4, -0.2) is 19.9 Å². The number of nitrogens with one attached hydrogen (secondary N) is 1. The number of rotatable bonds is 0. The van der Waals surface area contributed by atoms with Crippen molar-refractivity contribution in [1.82, 2.24) is 19.9 Å². The molecule has 0 saturated carbocycles. The van der Waals surface area contributed by atoms with Crippen LogP contribution in [0.3, 0.4) is 0 Å². The maximum atomic E-state index is 4.35. The molecule has 2 heterocycles. The van der Waals surface area contributed by atoms with Gasteiger partial charge in [-0.25, -0.2) is 15.0 Å². The Hall–Kier alpha value is -1.45. The Morgan fingerprint density at radius 1 is 1.15 bits per heavy atom. The topological polar surface area (TPSA) is 54.5 Å². The number of hydrogen-bond acceptors (Lipinski definition) is 3. The molecule has 0 aliphatic carbocycles. The number of aromatic nitrogens is 4. The van der Waals surface area contributed by atoms with Gasteiger partial charge in [-0.1, -0.05) is 20.8 Å². The summed E-state index contributed by atoms with van der Waals surface area (Å²) in [6.45, 7) is 6.31. The van der Waals surface area contributed by atoms with E-state index in [9.17, 15) is 0 Å². The third-order valence-electron chi connectivity index (χ3n) is 1.84. The first-order valence-electron chi connectivity index (χ1n) is 4.24. The van der Waals surface area contributed by atoms with Gasteiger partial charge in [-0.15, -0.1) is 0 Å². The summed E-state index contributed by atoms with van der Waals surface area (Å²) in [6, 6.07) is 0. The van der Waals surface area contributed by atoms with Crippen LogP contribution in [0.5, 0.6) is 0 Å². The Morgan fingerprint density at radius 3 is 2.46 bits per heavy atom. The second-order valence-electron chi connectivity index (χ2n) is 4.06. The maximum absolute atomic E-state index is 4.35. The highest BCUT2D eigenvalue weighted by molar-refractivity contribution is 5.64. The van der Waals surface area contributed by atoms with Gasteiger partial charge in [0.05, 0.1) is 0 Å². The number of imidazole rings is 1. The normalized spacial score (nSPS) is 12.2. The van der Waals surface area contributed by atoms with Gasteiger partial charge in [0.2, 0.25) is 0 Å². The molecule has 0 amide bonds. The van der Waals surface area contributed by atoms with Crippen molar-refractivity contribution in [2.75, 3.05) is 0 Å². The highest BCUT2D eigenvalue weighted by atomic mass is 15.0. The predicted molar refractivity (Wildman–Crippen MR) is 50.4 cm³/mol. The molecular formula is C9H12N4. The summed E-state index contributed by atoms with van der Waals surface area (Å²) in [5, 5.41) is 0. The summed E-state index contributed by atoms with van der Waals surface area (Å²) < 4.78 is 0. The molecule has 0 saturated heterocycles. The van der Waals surface area contributed by atoms with Crippen LogP contribution in [0.4, 0.5) is 0 Å². The second kappa shape index (κ2) is 2.52. The summed E-state index contributed by atoms with van der Waals surface area (Å²) in [6.07, 6.45) is 3.31. The van der Waals surface area contributed by atoms with Crippen molar-refractivity contribution in [2.45, 2.75) is 26.2 Å². The van der Waals surface area contributed by atoms with Crippen LogP contribution >= 0.6 is 0 Å². The maximum Gasteiger partial charge on any atom is 0.197 e. The summed E-state index contributed by atoms with van der Waals surface area (Å²) in [5.41, 5.74) is 1.46. The Balaban J connectivity index is 2.63. The van der Waals surface area contributed by atoms with Gasteiger partial charge in [0.15, 0.2) is 11.3 Å². The molecule has 2 rings (SSSR count). The molecule has 0 bridgehead atoms. The van der Waals surface area contributed by atoms with Gasteiger partial charge < -0.3 is 4.98 Å². The molecule has 0 aromatic carbocycles. The fraction of sp³-hybridized carbons (Fsp3) is 0.444. The van der Waals surface area contributed by atoms with Gasteiger partial charge in [0, 0.05) is 17.8 Å². The van der Waals surface area contributed by atoms with Gasteiger partial charge in [-0.05, 0) is 0 Å². The minimum atomic E-state index is 0.0162. The molecule has 0 fully saturated rings. The Kier molecular flexibility index (Phi) is 1.58. The fourth-order valence-electron chi connectivity index (χ4n) is 1.10. The van der Waals surface area contributed by atoms with E-state index in [-0.39, 0.29) is 5.41 Å². The molecule has 0 aliphatic rings. The van der Waals surface area contributed by atoms with E-state index >= 15 is 0 Å². The molecule has 4 heteroatoms. The minimum absolute atomic E-state index is 0.0162. The summed E-state index contributed by atoms with van der Waals surface area (Å²) >= 11 is 0.